The number of hydrogen-bond donors (Lipinski definition) is 0. The molecule has 26 heavy (non-hydrogen) atoms. The smallest absolute Gasteiger partial charge is 0.198 e. The summed E-state index contributed by atoms with van der Waals surface area (Å²) in [5.74, 6) is -1.28. The zero-order valence-electron chi connectivity index (χ0n) is 13.5. The van der Waals surface area contributed by atoms with Gasteiger partial charge in [0, 0.05) is 17.8 Å². The summed E-state index contributed by atoms with van der Waals surface area (Å²) in [6.45, 7) is 0.470. The van der Waals surface area contributed by atoms with Gasteiger partial charge in [-0.05, 0) is 29.8 Å². The first-order chi connectivity index (χ1) is 12.3. The van der Waals surface area contributed by atoms with Crippen LogP contribution in [0.1, 0.15) is 16.1 Å². The van der Waals surface area contributed by atoms with Crippen LogP contribution in [0.15, 0.2) is 66.0 Å². The van der Waals surface area contributed by atoms with Gasteiger partial charge in [0.05, 0.1) is 16.2 Å². The molecule has 8 heteroatoms. The number of nitrogens with zero attached hydrogens (tertiary/aromatic N) is 2. The van der Waals surface area contributed by atoms with Crippen molar-refractivity contribution in [1.82, 2.24) is 9.55 Å². The monoisotopic (exact) mass is 408 g/mol. The topological polar surface area (TPSA) is 69.0 Å². The van der Waals surface area contributed by atoms with Crippen molar-refractivity contribution in [1.29, 1.82) is 0 Å². The second-order valence-corrected chi connectivity index (χ2v) is 8.48. The van der Waals surface area contributed by atoms with E-state index in [0.717, 1.165) is 5.56 Å². The van der Waals surface area contributed by atoms with Crippen LogP contribution in [-0.4, -0.2) is 29.5 Å². The minimum absolute atomic E-state index is 0.0617. The molecular weight excluding hydrogens is 395 g/mol. The van der Waals surface area contributed by atoms with Gasteiger partial charge < -0.3 is 4.57 Å². The fraction of sp³-hybridized carbons (Fsp3) is 0.111. The van der Waals surface area contributed by atoms with Crippen LogP contribution in [-0.2, 0) is 16.4 Å². The van der Waals surface area contributed by atoms with Gasteiger partial charge in [-0.1, -0.05) is 47.5 Å². The Hall–Kier alpha value is -2.15. The molecule has 0 saturated carbocycles. The standard InChI is InChI=1S/C18H14Cl2N2O3S/c19-14-5-3-4-13(8-14)9-22-10-16(21-12-22)17(23)11-26(24,25)18-7-2-1-6-15(18)20/h1-8,10,12H,9,11H2. The third-order valence-corrected chi connectivity index (χ3v) is 6.01. The molecule has 0 unspecified atom stereocenters. The second kappa shape index (κ2) is 7.61. The Bertz CT molecular complexity index is 1060. The maximum atomic E-state index is 12.4. The summed E-state index contributed by atoms with van der Waals surface area (Å²) in [6, 6.07) is 13.3. The van der Waals surface area contributed by atoms with Gasteiger partial charge in [0.15, 0.2) is 15.6 Å². The van der Waals surface area contributed by atoms with Gasteiger partial charge in [0.25, 0.3) is 0 Å². The molecule has 3 aromatic rings. The maximum Gasteiger partial charge on any atom is 0.198 e. The van der Waals surface area contributed by atoms with E-state index in [1.165, 1.54) is 24.7 Å². The first-order valence-corrected chi connectivity index (χ1v) is 10.0. The summed E-state index contributed by atoms with van der Waals surface area (Å²) in [5.41, 5.74) is 1.03. The van der Waals surface area contributed by atoms with E-state index in [0.29, 0.717) is 11.6 Å². The number of benzene rings is 2. The van der Waals surface area contributed by atoms with Crippen LogP contribution in [0.25, 0.3) is 0 Å². The van der Waals surface area contributed by atoms with Gasteiger partial charge in [0.2, 0.25) is 0 Å². The molecule has 0 bridgehead atoms. The molecule has 0 aliphatic rings. The summed E-state index contributed by atoms with van der Waals surface area (Å²) in [5, 5.41) is 0.705. The van der Waals surface area contributed by atoms with Crippen molar-refractivity contribution in [2.75, 3.05) is 5.75 Å². The van der Waals surface area contributed by atoms with Crippen molar-refractivity contribution in [3.63, 3.8) is 0 Å². The third-order valence-electron chi connectivity index (χ3n) is 3.67. The van der Waals surface area contributed by atoms with E-state index in [-0.39, 0.29) is 15.6 Å². The van der Waals surface area contributed by atoms with Crippen molar-refractivity contribution in [2.45, 2.75) is 11.4 Å². The zero-order chi connectivity index (χ0) is 18.7. The molecule has 0 aliphatic heterocycles. The van der Waals surface area contributed by atoms with Crippen LogP contribution in [0, 0.1) is 0 Å². The van der Waals surface area contributed by atoms with Crippen molar-refractivity contribution in [3.05, 3.63) is 82.4 Å². The van der Waals surface area contributed by atoms with Crippen LogP contribution < -0.4 is 0 Å². The Morgan fingerprint density at radius 2 is 1.85 bits per heavy atom. The summed E-state index contributed by atoms with van der Waals surface area (Å²) >= 11 is 11.9. The molecule has 0 N–H and O–H groups in total. The number of Topliss-reactive ketones (excluding diaryl/α,β-unsaturated/α-hetero) is 1. The number of hydrogen-bond acceptors (Lipinski definition) is 4. The number of imidazole rings is 1. The molecule has 1 heterocycles. The first kappa shape index (κ1) is 18.6. The molecule has 0 spiro atoms. The van der Waals surface area contributed by atoms with Crippen molar-refractivity contribution in [3.8, 4) is 0 Å². The van der Waals surface area contributed by atoms with E-state index in [1.807, 2.05) is 18.2 Å². The van der Waals surface area contributed by atoms with Gasteiger partial charge in [-0.15, -0.1) is 0 Å². The van der Waals surface area contributed by atoms with Gasteiger partial charge in [-0.3, -0.25) is 4.79 Å². The van der Waals surface area contributed by atoms with E-state index in [1.54, 1.807) is 22.8 Å². The molecule has 0 amide bonds. The van der Waals surface area contributed by atoms with Crippen LogP contribution in [0.5, 0.6) is 0 Å². The second-order valence-electron chi connectivity index (χ2n) is 5.67. The van der Waals surface area contributed by atoms with Crippen molar-refractivity contribution >= 4 is 38.8 Å². The number of aromatic nitrogens is 2. The zero-order valence-corrected chi connectivity index (χ0v) is 15.8. The van der Waals surface area contributed by atoms with Gasteiger partial charge in [-0.2, -0.15) is 0 Å². The average Bonchev–Trinajstić information content (AvgIpc) is 3.03. The third kappa shape index (κ3) is 4.33. The van der Waals surface area contributed by atoms with Crippen molar-refractivity contribution in [2.24, 2.45) is 0 Å². The molecule has 0 saturated heterocycles. The summed E-state index contributed by atoms with van der Waals surface area (Å²) in [7, 11) is -3.84. The fourth-order valence-corrected chi connectivity index (χ4v) is 4.46. The van der Waals surface area contributed by atoms with Crippen LogP contribution in [0.2, 0.25) is 10.0 Å². The van der Waals surface area contributed by atoms with Gasteiger partial charge in [-0.25, -0.2) is 13.4 Å². The lowest BCUT2D eigenvalue weighted by Gasteiger charge is -2.05. The number of rotatable bonds is 6. The van der Waals surface area contributed by atoms with Gasteiger partial charge in [0.1, 0.15) is 11.4 Å². The Labute approximate surface area is 161 Å². The van der Waals surface area contributed by atoms with E-state index in [4.69, 9.17) is 23.2 Å². The number of carbonyl (C=O) groups is 1. The molecule has 1 aromatic heterocycles. The molecule has 2 aromatic carbocycles. The summed E-state index contributed by atoms with van der Waals surface area (Å²) in [6.07, 6.45) is 3.00. The number of sulfone groups is 1. The number of ketones is 1. The lowest BCUT2D eigenvalue weighted by atomic mass is 10.2. The Morgan fingerprint density at radius 1 is 1.08 bits per heavy atom. The average molecular weight is 409 g/mol. The number of carbonyl (C=O) groups excluding carboxylic acids is 1. The Kier molecular flexibility index (Phi) is 5.46. The predicted molar refractivity (Wildman–Crippen MR) is 101 cm³/mol. The van der Waals surface area contributed by atoms with E-state index in [9.17, 15) is 13.2 Å². The fourth-order valence-electron chi connectivity index (χ4n) is 2.46. The largest absolute Gasteiger partial charge is 0.332 e. The molecule has 3 rings (SSSR count). The summed E-state index contributed by atoms with van der Waals surface area (Å²) in [4.78, 5) is 16.3. The minimum atomic E-state index is -3.84. The van der Waals surface area contributed by atoms with Crippen LogP contribution >= 0.6 is 23.2 Å². The first-order valence-electron chi connectivity index (χ1n) is 7.62. The minimum Gasteiger partial charge on any atom is -0.332 e. The number of halogens is 2. The molecule has 0 radical (unpaired) electrons. The Morgan fingerprint density at radius 3 is 2.58 bits per heavy atom. The highest BCUT2D eigenvalue weighted by Crippen LogP contribution is 2.22. The molecule has 5 nitrogen and oxygen atoms in total. The predicted octanol–water partition coefficient (Wildman–Crippen LogP) is 3.89. The molecule has 0 atom stereocenters. The highest BCUT2D eigenvalue weighted by molar-refractivity contribution is 7.92. The molecule has 134 valence electrons. The lowest BCUT2D eigenvalue weighted by Crippen LogP contribution is -2.17. The maximum absolute atomic E-state index is 12.4. The van der Waals surface area contributed by atoms with Gasteiger partial charge >= 0.3 is 0 Å². The SMILES string of the molecule is O=C(CS(=O)(=O)c1ccccc1Cl)c1cn(Cc2cccc(Cl)c2)cn1. The highest BCUT2D eigenvalue weighted by atomic mass is 35.5. The van der Waals surface area contributed by atoms with Crippen LogP contribution in [0.3, 0.4) is 0 Å². The lowest BCUT2D eigenvalue weighted by molar-refractivity contribution is 0.101. The normalized spacial score (nSPS) is 11.5. The van der Waals surface area contributed by atoms with E-state index >= 15 is 0 Å². The van der Waals surface area contributed by atoms with E-state index < -0.39 is 21.4 Å². The van der Waals surface area contributed by atoms with E-state index in [2.05, 4.69) is 4.98 Å². The quantitative estimate of drug-likeness (QED) is 0.580. The highest BCUT2D eigenvalue weighted by Gasteiger charge is 2.23. The summed E-state index contributed by atoms with van der Waals surface area (Å²) < 4.78 is 26.5. The van der Waals surface area contributed by atoms with Crippen molar-refractivity contribution < 1.29 is 13.2 Å². The Balaban J connectivity index is 1.75. The molecule has 0 fully saturated rings. The van der Waals surface area contributed by atoms with Crippen LogP contribution in [0.4, 0.5) is 0 Å². The molecular formula is C18H14Cl2N2O3S. The molecule has 0 aliphatic carbocycles.